The van der Waals surface area contributed by atoms with Crippen molar-refractivity contribution in [2.75, 3.05) is 29.7 Å². The SMILES string of the molecule is CC(=O)O[C@]1(C(C)=O)CC[C@H]2[C@@H]3CC=C4C=C(OC(=O)c5ccc(C)c(N(CCCl)CCCl)c5)CC[C@]4(C)[C@H]3CC[C@@]21C. The molecule has 1 aromatic carbocycles. The van der Waals surface area contributed by atoms with Gasteiger partial charge in [-0.1, -0.05) is 26.0 Å². The van der Waals surface area contributed by atoms with Crippen LogP contribution < -0.4 is 4.90 Å². The molecule has 0 aliphatic heterocycles. The summed E-state index contributed by atoms with van der Waals surface area (Å²) in [5.74, 6) is 2.11. The topological polar surface area (TPSA) is 72.9 Å². The maximum atomic E-state index is 13.3. The van der Waals surface area contributed by atoms with Crippen LogP contribution in [-0.4, -0.2) is 48.2 Å². The van der Waals surface area contributed by atoms with Crippen LogP contribution in [0.15, 0.2) is 41.7 Å². The van der Waals surface area contributed by atoms with Gasteiger partial charge in [-0.15, -0.1) is 23.2 Å². The van der Waals surface area contributed by atoms with Gasteiger partial charge in [-0.05, 0) is 105 Å². The van der Waals surface area contributed by atoms with Gasteiger partial charge < -0.3 is 14.4 Å². The van der Waals surface area contributed by atoms with E-state index in [2.05, 4.69) is 30.9 Å². The highest BCUT2D eigenvalue weighted by atomic mass is 35.5. The maximum absolute atomic E-state index is 13.3. The summed E-state index contributed by atoms with van der Waals surface area (Å²) in [6.45, 7) is 10.9. The molecule has 0 N–H and O–H groups in total. The van der Waals surface area contributed by atoms with Crippen molar-refractivity contribution >= 4 is 46.6 Å². The highest BCUT2D eigenvalue weighted by Gasteiger charge is 2.67. The van der Waals surface area contributed by atoms with Crippen LogP contribution >= 0.6 is 23.2 Å². The standard InChI is InChI=1S/C35H45Cl2NO5/c1-22-6-7-25(20-31(22)38(18-16-36)19-17-37)32(41)42-27-10-13-33(4)26(21-27)8-9-28-29(33)11-14-34(5)30(28)12-15-35(34,23(2)39)43-24(3)40/h6-8,20-21,28-30H,9-19H2,1-5H3/t28-,29+,30+,33+,34+,35+/m1/s1. The molecule has 1 aromatic rings. The molecule has 2 saturated carbocycles. The smallest absolute Gasteiger partial charge is 0.343 e. The number of aryl methyl sites for hydroxylation is 1. The Hall–Kier alpha value is -2.31. The number of ketones is 1. The van der Waals surface area contributed by atoms with Crippen molar-refractivity contribution in [3.05, 3.63) is 52.8 Å². The van der Waals surface area contributed by atoms with Crippen molar-refractivity contribution < 1.29 is 23.9 Å². The van der Waals surface area contributed by atoms with E-state index < -0.39 is 5.60 Å². The van der Waals surface area contributed by atoms with E-state index >= 15 is 0 Å². The Balaban J connectivity index is 1.35. The number of allylic oxidation sites excluding steroid dienone is 4. The van der Waals surface area contributed by atoms with Crippen molar-refractivity contribution in [1.29, 1.82) is 0 Å². The summed E-state index contributed by atoms with van der Waals surface area (Å²) in [6, 6.07) is 5.64. The zero-order chi connectivity index (χ0) is 31.2. The molecule has 6 nitrogen and oxygen atoms in total. The number of halogens is 2. The predicted molar refractivity (Wildman–Crippen MR) is 171 cm³/mol. The molecular weight excluding hydrogens is 585 g/mol. The van der Waals surface area contributed by atoms with E-state index in [4.69, 9.17) is 32.7 Å². The highest BCUT2D eigenvalue weighted by Crippen LogP contribution is 2.67. The molecule has 2 fully saturated rings. The minimum absolute atomic E-state index is 0.0241. The average Bonchev–Trinajstić information content (AvgIpc) is 3.26. The van der Waals surface area contributed by atoms with Gasteiger partial charge >= 0.3 is 11.9 Å². The number of anilines is 1. The van der Waals surface area contributed by atoms with Crippen LogP contribution in [-0.2, 0) is 19.1 Å². The first-order valence-electron chi connectivity index (χ1n) is 15.7. The van der Waals surface area contributed by atoms with Crippen LogP contribution in [0.25, 0.3) is 0 Å². The van der Waals surface area contributed by atoms with Crippen molar-refractivity contribution in [3.63, 3.8) is 0 Å². The molecule has 0 amide bonds. The second-order valence-electron chi connectivity index (χ2n) is 13.5. The van der Waals surface area contributed by atoms with Gasteiger partial charge in [0.15, 0.2) is 11.4 Å². The van der Waals surface area contributed by atoms with Gasteiger partial charge in [0, 0.05) is 49.3 Å². The summed E-state index contributed by atoms with van der Waals surface area (Å²) in [6.07, 6.45) is 10.3. The number of ether oxygens (including phenoxy) is 2. The molecular formula is C35H45Cl2NO5. The van der Waals surface area contributed by atoms with E-state index in [-0.39, 0.29) is 28.6 Å². The quantitative estimate of drug-likeness (QED) is 0.205. The number of rotatable bonds is 9. The first kappa shape index (κ1) is 32.1. The number of esters is 2. The van der Waals surface area contributed by atoms with Crippen molar-refractivity contribution in [3.8, 4) is 0 Å². The molecule has 4 aliphatic carbocycles. The zero-order valence-corrected chi connectivity index (χ0v) is 27.7. The number of carbonyl (C=O) groups is 3. The second kappa shape index (κ2) is 12.2. The van der Waals surface area contributed by atoms with E-state index in [1.807, 2.05) is 25.1 Å². The molecule has 0 unspecified atom stereocenters. The normalized spacial score (nSPS) is 32.9. The van der Waals surface area contributed by atoms with Crippen LogP contribution in [0.4, 0.5) is 5.69 Å². The molecule has 6 atom stereocenters. The molecule has 5 rings (SSSR count). The molecule has 4 aliphatic rings. The number of hydrogen-bond donors (Lipinski definition) is 0. The maximum Gasteiger partial charge on any atom is 0.343 e. The van der Waals surface area contributed by atoms with Gasteiger partial charge in [0.2, 0.25) is 0 Å². The Morgan fingerprint density at radius 1 is 1.00 bits per heavy atom. The number of nitrogens with zero attached hydrogens (tertiary/aromatic N) is 1. The van der Waals surface area contributed by atoms with E-state index in [1.54, 1.807) is 6.92 Å². The molecule has 0 radical (unpaired) electrons. The van der Waals surface area contributed by atoms with Gasteiger partial charge in [-0.2, -0.15) is 0 Å². The molecule has 0 aromatic heterocycles. The van der Waals surface area contributed by atoms with E-state index in [0.717, 1.165) is 43.4 Å². The monoisotopic (exact) mass is 629 g/mol. The van der Waals surface area contributed by atoms with E-state index in [0.29, 0.717) is 66.8 Å². The van der Waals surface area contributed by atoms with Crippen LogP contribution in [0.3, 0.4) is 0 Å². The van der Waals surface area contributed by atoms with Crippen LogP contribution in [0.5, 0.6) is 0 Å². The molecule has 234 valence electrons. The summed E-state index contributed by atoms with van der Waals surface area (Å²) < 4.78 is 11.9. The highest BCUT2D eigenvalue weighted by molar-refractivity contribution is 6.18. The summed E-state index contributed by atoms with van der Waals surface area (Å²) in [5.41, 5.74) is 2.37. The minimum Gasteiger partial charge on any atom is -0.451 e. The average molecular weight is 631 g/mol. The first-order valence-corrected chi connectivity index (χ1v) is 16.8. The lowest BCUT2D eigenvalue weighted by atomic mass is 9.47. The summed E-state index contributed by atoms with van der Waals surface area (Å²) in [5, 5.41) is 0. The first-order chi connectivity index (χ1) is 20.4. The Labute approximate surface area is 266 Å². The van der Waals surface area contributed by atoms with Crippen LogP contribution in [0, 0.1) is 35.5 Å². The van der Waals surface area contributed by atoms with Gasteiger partial charge in [0.1, 0.15) is 5.76 Å². The molecule has 0 bridgehead atoms. The van der Waals surface area contributed by atoms with Crippen molar-refractivity contribution in [1.82, 2.24) is 0 Å². The Kier molecular flexibility index (Phi) is 9.13. The molecule has 0 spiro atoms. The lowest BCUT2D eigenvalue weighted by molar-refractivity contribution is -0.186. The van der Waals surface area contributed by atoms with Crippen molar-refractivity contribution in [2.45, 2.75) is 85.2 Å². The fourth-order valence-electron chi connectivity index (χ4n) is 9.25. The Bertz CT molecular complexity index is 1350. The lowest BCUT2D eigenvalue weighted by Gasteiger charge is -2.58. The Morgan fingerprint density at radius 3 is 2.35 bits per heavy atom. The summed E-state index contributed by atoms with van der Waals surface area (Å²) >= 11 is 12.1. The summed E-state index contributed by atoms with van der Waals surface area (Å²) in [7, 11) is 0. The third kappa shape index (κ3) is 5.45. The molecule has 0 saturated heterocycles. The van der Waals surface area contributed by atoms with E-state index in [9.17, 15) is 14.4 Å². The minimum atomic E-state index is -1.02. The van der Waals surface area contributed by atoms with Gasteiger partial charge in [0.05, 0.1) is 5.56 Å². The van der Waals surface area contributed by atoms with E-state index in [1.165, 1.54) is 12.5 Å². The number of alkyl halides is 2. The zero-order valence-electron chi connectivity index (χ0n) is 26.1. The molecule has 8 heteroatoms. The third-order valence-corrected chi connectivity index (χ3v) is 11.8. The third-order valence-electron chi connectivity index (χ3n) is 11.5. The number of fused-ring (bicyclic) bond motifs is 5. The predicted octanol–water partition coefficient (Wildman–Crippen LogP) is 7.78. The fraction of sp³-hybridized carbons (Fsp3) is 0.629. The van der Waals surface area contributed by atoms with Crippen LogP contribution in [0.1, 0.15) is 88.6 Å². The van der Waals surface area contributed by atoms with Crippen molar-refractivity contribution in [2.24, 2.45) is 28.6 Å². The second-order valence-corrected chi connectivity index (χ2v) is 14.3. The number of benzene rings is 1. The summed E-state index contributed by atoms with van der Waals surface area (Å²) in [4.78, 5) is 40.6. The largest absolute Gasteiger partial charge is 0.451 e. The van der Waals surface area contributed by atoms with Crippen LogP contribution in [0.2, 0.25) is 0 Å². The van der Waals surface area contributed by atoms with Gasteiger partial charge in [-0.25, -0.2) is 4.79 Å². The lowest BCUT2D eigenvalue weighted by Crippen LogP contribution is -2.58. The number of carbonyl (C=O) groups excluding carboxylic acids is 3. The van der Waals surface area contributed by atoms with Gasteiger partial charge in [-0.3, -0.25) is 9.59 Å². The number of hydrogen-bond acceptors (Lipinski definition) is 6. The number of Topliss-reactive ketones (excluding diaryl/α,β-unsaturated/α-hetero) is 1. The fourth-order valence-corrected chi connectivity index (χ4v) is 9.66. The molecule has 43 heavy (non-hydrogen) atoms. The Morgan fingerprint density at radius 2 is 1.70 bits per heavy atom. The molecule has 0 heterocycles. The van der Waals surface area contributed by atoms with Gasteiger partial charge in [0.25, 0.3) is 0 Å².